The van der Waals surface area contributed by atoms with Crippen LogP contribution in [0.1, 0.15) is 0 Å². The first-order chi connectivity index (χ1) is 7.25. The third-order valence-electron chi connectivity index (χ3n) is 1.90. The second kappa shape index (κ2) is 3.83. The number of hydrogen-bond acceptors (Lipinski definition) is 2. The molecule has 2 aromatic rings. The highest BCUT2D eigenvalue weighted by Gasteiger charge is 1.98. The van der Waals surface area contributed by atoms with Crippen LogP contribution in [0.2, 0.25) is 0 Å². The van der Waals surface area contributed by atoms with E-state index in [2.05, 4.69) is 15.0 Å². The fraction of sp³-hybridized carbons (Fsp3) is 0. The lowest BCUT2D eigenvalue weighted by Crippen LogP contribution is -2.21. The molecule has 2 rings (SSSR count). The molecule has 5 heteroatoms. The smallest absolute Gasteiger partial charge is 0.191 e. The van der Waals surface area contributed by atoms with Gasteiger partial charge in [0.1, 0.15) is 5.82 Å². The Hall–Kier alpha value is -2.30. The minimum Gasteiger partial charge on any atom is -0.370 e. The molecule has 15 heavy (non-hydrogen) atoms. The number of nitrogens with one attached hydrogen (secondary N) is 1. The van der Waals surface area contributed by atoms with Gasteiger partial charge in [0.2, 0.25) is 0 Å². The van der Waals surface area contributed by atoms with Crippen LogP contribution in [-0.4, -0.2) is 15.9 Å². The number of H-pyrrole nitrogens is 1. The summed E-state index contributed by atoms with van der Waals surface area (Å²) in [6, 6.07) is 7.47. The molecular formula is C10H11N5. The minimum atomic E-state index is 0.0562. The summed E-state index contributed by atoms with van der Waals surface area (Å²) in [5.74, 6) is 0.881. The Bertz CT molecular complexity index is 451. The molecular weight excluding hydrogens is 190 g/mol. The molecule has 0 aliphatic heterocycles. The standard InChI is InChI=1S/C10H11N5/c11-10(12)15-8-3-1-7(2-4-8)9-13-5-6-14-9/h1-6H,(H,13,14)(H4,11,12,15). The summed E-state index contributed by atoms with van der Waals surface area (Å²) in [6.07, 6.45) is 3.48. The first kappa shape index (κ1) is 9.26. The molecule has 5 N–H and O–H groups in total. The number of aromatic amines is 1. The maximum Gasteiger partial charge on any atom is 0.191 e. The van der Waals surface area contributed by atoms with Crippen molar-refractivity contribution in [2.75, 3.05) is 0 Å². The van der Waals surface area contributed by atoms with Crippen LogP contribution in [0.3, 0.4) is 0 Å². The Morgan fingerprint density at radius 2 is 1.93 bits per heavy atom. The third-order valence-corrected chi connectivity index (χ3v) is 1.90. The fourth-order valence-electron chi connectivity index (χ4n) is 1.27. The highest BCUT2D eigenvalue weighted by Crippen LogP contribution is 2.18. The lowest BCUT2D eigenvalue weighted by Gasteiger charge is -1.98. The Morgan fingerprint density at radius 3 is 2.47 bits per heavy atom. The summed E-state index contributed by atoms with van der Waals surface area (Å²) in [4.78, 5) is 11.1. The minimum absolute atomic E-state index is 0.0562. The normalized spacial score (nSPS) is 9.87. The number of rotatable bonds is 2. The van der Waals surface area contributed by atoms with Crippen molar-refractivity contribution in [3.8, 4) is 11.4 Å². The van der Waals surface area contributed by atoms with Crippen LogP contribution >= 0.6 is 0 Å². The monoisotopic (exact) mass is 201 g/mol. The Morgan fingerprint density at radius 1 is 1.20 bits per heavy atom. The topological polar surface area (TPSA) is 93.1 Å². The molecule has 0 radical (unpaired) electrons. The molecule has 0 aliphatic rings. The molecule has 0 spiro atoms. The summed E-state index contributed by atoms with van der Waals surface area (Å²) >= 11 is 0. The molecule has 0 atom stereocenters. The van der Waals surface area contributed by atoms with E-state index in [1.54, 1.807) is 12.4 Å². The largest absolute Gasteiger partial charge is 0.370 e. The molecule has 1 aromatic carbocycles. The van der Waals surface area contributed by atoms with E-state index < -0.39 is 0 Å². The summed E-state index contributed by atoms with van der Waals surface area (Å²) in [5.41, 5.74) is 12.3. The highest BCUT2D eigenvalue weighted by molar-refractivity contribution is 5.79. The van der Waals surface area contributed by atoms with Crippen molar-refractivity contribution in [3.63, 3.8) is 0 Å². The second-order valence-corrected chi connectivity index (χ2v) is 3.02. The van der Waals surface area contributed by atoms with E-state index in [1.807, 2.05) is 24.3 Å². The van der Waals surface area contributed by atoms with Gasteiger partial charge in [-0.05, 0) is 24.3 Å². The zero-order chi connectivity index (χ0) is 10.7. The van der Waals surface area contributed by atoms with Gasteiger partial charge < -0.3 is 16.5 Å². The summed E-state index contributed by atoms with van der Waals surface area (Å²) in [7, 11) is 0. The van der Waals surface area contributed by atoms with Crippen LogP contribution in [0.4, 0.5) is 5.69 Å². The maximum absolute atomic E-state index is 5.27. The van der Waals surface area contributed by atoms with Gasteiger partial charge in [0.25, 0.3) is 0 Å². The number of nitrogens with zero attached hydrogens (tertiary/aromatic N) is 2. The predicted molar refractivity (Wildman–Crippen MR) is 59.5 cm³/mol. The maximum atomic E-state index is 5.27. The quantitative estimate of drug-likeness (QED) is 0.499. The molecule has 0 saturated heterocycles. The van der Waals surface area contributed by atoms with E-state index in [0.29, 0.717) is 0 Å². The van der Waals surface area contributed by atoms with Crippen molar-refractivity contribution in [2.24, 2.45) is 16.5 Å². The zero-order valence-electron chi connectivity index (χ0n) is 8.01. The third kappa shape index (κ3) is 2.14. The number of benzene rings is 1. The molecule has 0 fully saturated rings. The van der Waals surface area contributed by atoms with Gasteiger partial charge in [0, 0.05) is 18.0 Å². The van der Waals surface area contributed by atoms with Crippen molar-refractivity contribution in [1.82, 2.24) is 9.97 Å². The summed E-state index contributed by atoms with van der Waals surface area (Å²) in [6.45, 7) is 0. The van der Waals surface area contributed by atoms with Gasteiger partial charge in [-0.25, -0.2) is 9.98 Å². The Labute approximate surface area is 86.9 Å². The van der Waals surface area contributed by atoms with Gasteiger partial charge in [0.05, 0.1) is 5.69 Å². The van der Waals surface area contributed by atoms with Gasteiger partial charge in [0.15, 0.2) is 5.96 Å². The fourth-order valence-corrected chi connectivity index (χ4v) is 1.27. The van der Waals surface area contributed by atoms with Crippen LogP contribution in [0.25, 0.3) is 11.4 Å². The average Bonchev–Trinajstić information content (AvgIpc) is 2.71. The molecule has 1 heterocycles. The van der Waals surface area contributed by atoms with Gasteiger partial charge in [-0.1, -0.05) is 0 Å². The van der Waals surface area contributed by atoms with E-state index in [0.717, 1.165) is 17.1 Å². The van der Waals surface area contributed by atoms with Crippen LogP contribution in [0, 0.1) is 0 Å². The van der Waals surface area contributed by atoms with Crippen molar-refractivity contribution in [3.05, 3.63) is 36.7 Å². The summed E-state index contributed by atoms with van der Waals surface area (Å²) < 4.78 is 0. The van der Waals surface area contributed by atoms with Gasteiger partial charge in [-0.2, -0.15) is 0 Å². The number of aliphatic imine (C=N–C) groups is 1. The van der Waals surface area contributed by atoms with Crippen molar-refractivity contribution in [1.29, 1.82) is 0 Å². The summed E-state index contributed by atoms with van der Waals surface area (Å²) in [5, 5.41) is 0. The highest BCUT2D eigenvalue weighted by atomic mass is 15.0. The SMILES string of the molecule is NC(N)=Nc1ccc(-c2ncc[nH]2)cc1. The van der Waals surface area contributed by atoms with Crippen molar-refractivity contribution < 1.29 is 0 Å². The number of hydrogen-bond donors (Lipinski definition) is 3. The molecule has 0 aliphatic carbocycles. The lowest BCUT2D eigenvalue weighted by molar-refractivity contribution is 1.31. The molecule has 1 aromatic heterocycles. The average molecular weight is 201 g/mol. The number of nitrogens with two attached hydrogens (primary N) is 2. The molecule has 0 bridgehead atoms. The molecule has 76 valence electrons. The Balaban J connectivity index is 2.29. The zero-order valence-corrected chi connectivity index (χ0v) is 8.01. The van der Waals surface area contributed by atoms with Crippen LogP contribution in [0.15, 0.2) is 41.7 Å². The van der Waals surface area contributed by atoms with Gasteiger partial charge in [-0.3, -0.25) is 0 Å². The van der Waals surface area contributed by atoms with Crippen molar-refractivity contribution in [2.45, 2.75) is 0 Å². The Kier molecular flexibility index (Phi) is 2.37. The first-order valence-corrected chi connectivity index (χ1v) is 4.45. The van der Waals surface area contributed by atoms with Crippen LogP contribution < -0.4 is 11.5 Å². The predicted octanol–water partition coefficient (Wildman–Crippen LogP) is 0.982. The second-order valence-electron chi connectivity index (χ2n) is 3.02. The van der Waals surface area contributed by atoms with E-state index in [-0.39, 0.29) is 5.96 Å². The number of aromatic nitrogens is 2. The molecule has 5 nitrogen and oxygen atoms in total. The van der Waals surface area contributed by atoms with Gasteiger partial charge >= 0.3 is 0 Å². The van der Waals surface area contributed by atoms with Crippen LogP contribution in [-0.2, 0) is 0 Å². The molecule has 0 unspecified atom stereocenters. The van der Waals surface area contributed by atoms with E-state index in [9.17, 15) is 0 Å². The van der Waals surface area contributed by atoms with E-state index in [1.165, 1.54) is 0 Å². The lowest BCUT2D eigenvalue weighted by atomic mass is 10.2. The van der Waals surface area contributed by atoms with Gasteiger partial charge in [-0.15, -0.1) is 0 Å². The van der Waals surface area contributed by atoms with Crippen LogP contribution in [0.5, 0.6) is 0 Å². The first-order valence-electron chi connectivity index (χ1n) is 4.45. The van der Waals surface area contributed by atoms with E-state index in [4.69, 9.17) is 11.5 Å². The molecule has 0 saturated carbocycles. The number of imidazole rings is 1. The van der Waals surface area contributed by atoms with E-state index >= 15 is 0 Å². The number of guanidine groups is 1. The van der Waals surface area contributed by atoms with Crippen molar-refractivity contribution >= 4 is 11.6 Å². The molecule has 0 amide bonds.